The summed E-state index contributed by atoms with van der Waals surface area (Å²) in [5.41, 5.74) is 11.1. The summed E-state index contributed by atoms with van der Waals surface area (Å²) in [5.74, 6) is 1.15. The van der Waals surface area contributed by atoms with Crippen molar-refractivity contribution in [3.63, 3.8) is 0 Å². The molecule has 0 heterocycles. The fraction of sp³-hybridized carbons (Fsp3) is 0.653. The van der Waals surface area contributed by atoms with E-state index >= 15 is 4.79 Å². The number of rotatable bonds is 26. The van der Waals surface area contributed by atoms with Gasteiger partial charge in [-0.15, -0.1) is 0 Å². The number of hydrogen-bond donors (Lipinski definition) is 3. The number of benzene rings is 4. The van der Waals surface area contributed by atoms with E-state index in [0.717, 1.165) is 75.8 Å². The van der Waals surface area contributed by atoms with Gasteiger partial charge in [-0.05, 0) is 152 Å². The first-order valence-corrected chi connectivity index (χ1v) is 30.6. The van der Waals surface area contributed by atoms with Gasteiger partial charge in [0.2, 0.25) is 0 Å². The Morgan fingerprint density at radius 2 is 0.805 bits per heavy atom. The van der Waals surface area contributed by atoms with Crippen molar-refractivity contribution in [3.05, 3.63) is 115 Å². The molecular weight excluding hydrogens is 945 g/mol. The highest BCUT2D eigenvalue weighted by Gasteiger charge is 2.33. The van der Waals surface area contributed by atoms with Gasteiger partial charge >= 0.3 is 5.97 Å². The third-order valence-electron chi connectivity index (χ3n) is 16.6. The van der Waals surface area contributed by atoms with Crippen LogP contribution in [0.5, 0.6) is 23.0 Å². The maximum Gasteiger partial charge on any atom is 0.314 e. The van der Waals surface area contributed by atoms with Gasteiger partial charge in [0.25, 0.3) is 0 Å². The molecule has 5 heteroatoms. The van der Waals surface area contributed by atoms with Crippen LogP contribution in [0.3, 0.4) is 0 Å². The lowest BCUT2D eigenvalue weighted by molar-refractivity contribution is -0.139. The van der Waals surface area contributed by atoms with Gasteiger partial charge in [0.05, 0.1) is 5.92 Å². The molecule has 0 aliphatic rings. The van der Waals surface area contributed by atoms with Crippen LogP contribution in [-0.2, 0) is 38.3 Å². The molecule has 2 unspecified atom stereocenters. The molecule has 0 amide bonds. The Morgan fingerprint density at radius 3 is 1.18 bits per heavy atom. The fourth-order valence-corrected chi connectivity index (χ4v) is 11.8. The molecular formula is C72H112O5. The van der Waals surface area contributed by atoms with Gasteiger partial charge in [-0.2, -0.15) is 0 Å². The van der Waals surface area contributed by atoms with E-state index in [-0.39, 0.29) is 50.8 Å². The molecule has 2 atom stereocenters. The summed E-state index contributed by atoms with van der Waals surface area (Å²) in [6, 6.07) is 17.0. The van der Waals surface area contributed by atoms with Crippen LogP contribution in [0.1, 0.15) is 312 Å². The summed E-state index contributed by atoms with van der Waals surface area (Å²) in [6.07, 6.45) is 23.0. The molecule has 77 heavy (non-hydrogen) atoms. The summed E-state index contributed by atoms with van der Waals surface area (Å²) in [4.78, 5) is 15.0. The minimum atomic E-state index is -0.350. The third-order valence-corrected chi connectivity index (χ3v) is 16.6. The van der Waals surface area contributed by atoms with Crippen molar-refractivity contribution in [1.29, 1.82) is 0 Å². The van der Waals surface area contributed by atoms with E-state index in [1.165, 1.54) is 107 Å². The molecule has 4 rings (SSSR count). The first kappa shape index (κ1) is 65.3. The maximum absolute atomic E-state index is 15.0. The van der Waals surface area contributed by atoms with Crippen LogP contribution < -0.4 is 4.74 Å². The molecule has 0 spiro atoms. The third kappa shape index (κ3) is 18.9. The Labute approximate surface area is 472 Å². The molecule has 5 nitrogen and oxygen atoms in total. The maximum atomic E-state index is 15.0. The van der Waals surface area contributed by atoms with Gasteiger partial charge in [-0.3, -0.25) is 4.79 Å². The number of carbonyl (C=O) groups excluding carboxylic acids is 1. The fourth-order valence-electron chi connectivity index (χ4n) is 11.8. The monoisotopic (exact) mass is 1060 g/mol. The number of esters is 1. The van der Waals surface area contributed by atoms with E-state index in [1.807, 2.05) is 12.1 Å². The first-order valence-electron chi connectivity index (χ1n) is 30.6. The number of phenols is 3. The molecule has 0 aromatic heterocycles. The van der Waals surface area contributed by atoms with E-state index < -0.39 is 0 Å². The van der Waals surface area contributed by atoms with E-state index in [4.69, 9.17) is 4.74 Å². The number of hydrogen-bond acceptors (Lipinski definition) is 5. The lowest BCUT2D eigenvalue weighted by Gasteiger charge is -2.31. The van der Waals surface area contributed by atoms with Crippen LogP contribution in [0, 0.1) is 26.7 Å². The minimum Gasteiger partial charge on any atom is -0.508 e. The molecule has 430 valence electrons. The highest BCUT2D eigenvalue weighted by Crippen LogP contribution is 2.47. The van der Waals surface area contributed by atoms with Gasteiger partial charge < -0.3 is 20.1 Å². The van der Waals surface area contributed by atoms with E-state index in [2.05, 4.69) is 175 Å². The number of aromatic hydroxyl groups is 3. The SMILES string of the molecule is CCCCCCCCCCCCCCCCCCC(Cc1cc(C(C)(C)C)c(O)c(C(C)(C)C)c1)C(=O)Oc1cc(C)c(C(C)CC(c2cc(C(C)(C)C)c(O)cc2C)c2cc(C(C)(C)C)c(O)cc2C)cc1C(C)(C)C. The van der Waals surface area contributed by atoms with Crippen LogP contribution in [0.2, 0.25) is 0 Å². The van der Waals surface area contributed by atoms with Crippen molar-refractivity contribution in [3.8, 4) is 23.0 Å². The Morgan fingerprint density at radius 1 is 0.455 bits per heavy atom. The van der Waals surface area contributed by atoms with Crippen LogP contribution in [0.4, 0.5) is 0 Å². The molecule has 0 saturated carbocycles. The van der Waals surface area contributed by atoms with Gasteiger partial charge in [-0.25, -0.2) is 0 Å². The highest BCUT2D eigenvalue weighted by atomic mass is 16.5. The summed E-state index contributed by atoms with van der Waals surface area (Å²) < 4.78 is 6.75. The Bertz CT molecular complexity index is 2420. The second kappa shape index (κ2) is 27.8. The quantitative estimate of drug-likeness (QED) is 0.0331. The lowest BCUT2D eigenvalue weighted by atomic mass is 9.74. The second-order valence-corrected chi connectivity index (χ2v) is 29.0. The summed E-state index contributed by atoms with van der Waals surface area (Å²) >= 11 is 0. The van der Waals surface area contributed by atoms with Crippen molar-refractivity contribution >= 4 is 5.97 Å². The Kier molecular flexibility index (Phi) is 23.5. The molecule has 0 fully saturated rings. The molecule has 0 radical (unpaired) electrons. The summed E-state index contributed by atoms with van der Waals surface area (Å²) in [6.45, 7) is 43.4. The van der Waals surface area contributed by atoms with Crippen LogP contribution in [0.25, 0.3) is 0 Å². The van der Waals surface area contributed by atoms with Crippen molar-refractivity contribution in [2.75, 3.05) is 0 Å². The first-order chi connectivity index (χ1) is 35.7. The Balaban J connectivity index is 1.67. The average molecular weight is 1060 g/mol. The summed E-state index contributed by atoms with van der Waals surface area (Å²) in [7, 11) is 0. The standard InChI is InChI=1S/C72H112O5/c1-21-22-23-24-25-26-27-28-29-30-31-32-33-34-35-36-37-53(42-52-43-61(71(15,16)17)66(75)62(44-52)72(18,19)20)67(76)77-65-41-51(5)54(45-60(65)70(12,13)14)48(2)38-57(55-46-58(68(6,7)8)63(73)39-49(55)3)56-47-59(69(9,10)11)64(74)40-50(56)4/h39-41,43-48,53,57,73-75H,21-38,42H2,1-20H3. The van der Waals surface area contributed by atoms with Gasteiger partial charge in [0.15, 0.2) is 0 Å². The van der Waals surface area contributed by atoms with Crippen molar-refractivity contribution in [2.45, 2.75) is 299 Å². The minimum absolute atomic E-state index is 0.0359. The van der Waals surface area contributed by atoms with E-state index in [1.54, 1.807) is 0 Å². The predicted octanol–water partition coefficient (Wildman–Crippen LogP) is 21.0. The zero-order chi connectivity index (χ0) is 57.8. The molecule has 0 bridgehead atoms. The predicted molar refractivity (Wildman–Crippen MR) is 330 cm³/mol. The normalized spacial score (nSPS) is 13.6. The second-order valence-electron chi connectivity index (χ2n) is 29.0. The van der Waals surface area contributed by atoms with E-state index in [9.17, 15) is 15.3 Å². The van der Waals surface area contributed by atoms with Gasteiger partial charge in [-0.1, -0.05) is 251 Å². The van der Waals surface area contributed by atoms with E-state index in [0.29, 0.717) is 29.4 Å². The number of phenolic OH excluding ortho intramolecular Hbond substituents is 3. The molecule has 4 aromatic rings. The van der Waals surface area contributed by atoms with Gasteiger partial charge in [0.1, 0.15) is 23.0 Å². The van der Waals surface area contributed by atoms with Crippen LogP contribution in [-0.4, -0.2) is 21.3 Å². The van der Waals surface area contributed by atoms with Gasteiger partial charge in [0, 0.05) is 11.5 Å². The number of aryl methyl sites for hydroxylation is 3. The zero-order valence-corrected chi connectivity index (χ0v) is 52.9. The molecule has 0 aliphatic heterocycles. The van der Waals surface area contributed by atoms with Crippen molar-refractivity contribution < 1.29 is 24.9 Å². The van der Waals surface area contributed by atoms with Crippen LogP contribution >= 0.6 is 0 Å². The smallest absolute Gasteiger partial charge is 0.314 e. The molecule has 3 N–H and O–H groups in total. The Hall–Kier alpha value is -4.25. The number of ether oxygens (including phenoxy) is 1. The zero-order valence-electron chi connectivity index (χ0n) is 52.9. The van der Waals surface area contributed by atoms with Crippen LogP contribution in [0.15, 0.2) is 48.5 Å². The highest BCUT2D eigenvalue weighted by molar-refractivity contribution is 5.76. The average Bonchev–Trinajstić information content (AvgIpc) is 3.29. The number of carbonyl (C=O) groups is 1. The topological polar surface area (TPSA) is 87.0 Å². The lowest BCUT2D eigenvalue weighted by Crippen LogP contribution is -2.26. The molecule has 4 aromatic carbocycles. The largest absolute Gasteiger partial charge is 0.508 e. The van der Waals surface area contributed by atoms with Crippen molar-refractivity contribution in [2.24, 2.45) is 5.92 Å². The molecule has 0 aliphatic carbocycles. The van der Waals surface area contributed by atoms with Crippen molar-refractivity contribution in [1.82, 2.24) is 0 Å². The number of unbranched alkanes of at least 4 members (excludes halogenated alkanes) is 15. The molecule has 0 saturated heterocycles. The summed E-state index contributed by atoms with van der Waals surface area (Å²) in [5, 5.41) is 34.2.